The number of carbonyl (C=O) groups excluding carboxylic acids is 2. The molecule has 1 aliphatic rings. The number of phenols is 1. The first kappa shape index (κ1) is 20.9. The number of benzene rings is 1. The number of rotatable bonds is 6. The first-order chi connectivity index (χ1) is 13.2. The van der Waals surface area contributed by atoms with Crippen LogP contribution in [0.4, 0.5) is 5.69 Å². The molecule has 9 heteroatoms. The normalized spacial score (nSPS) is 14.6. The van der Waals surface area contributed by atoms with Crippen molar-refractivity contribution < 1.29 is 29.1 Å². The van der Waals surface area contributed by atoms with E-state index in [1.54, 1.807) is 27.7 Å². The predicted molar refractivity (Wildman–Crippen MR) is 99.3 cm³/mol. The van der Waals surface area contributed by atoms with Crippen molar-refractivity contribution in [3.8, 4) is 5.75 Å². The van der Waals surface area contributed by atoms with Crippen molar-refractivity contribution >= 4 is 17.6 Å². The van der Waals surface area contributed by atoms with Crippen LogP contribution in [0.2, 0.25) is 0 Å². The van der Waals surface area contributed by atoms with Crippen molar-refractivity contribution in [3.05, 3.63) is 56.4 Å². The Kier molecular flexibility index (Phi) is 6.40. The molecule has 0 bridgehead atoms. The van der Waals surface area contributed by atoms with Crippen LogP contribution < -0.4 is 5.32 Å². The smallest absolute Gasteiger partial charge is 0.336 e. The molecule has 0 amide bonds. The molecule has 0 atom stereocenters. The highest BCUT2D eigenvalue weighted by Crippen LogP contribution is 2.43. The van der Waals surface area contributed by atoms with Gasteiger partial charge in [-0.05, 0) is 33.8 Å². The van der Waals surface area contributed by atoms with Crippen molar-refractivity contribution in [1.29, 1.82) is 0 Å². The Morgan fingerprint density at radius 3 is 2.04 bits per heavy atom. The van der Waals surface area contributed by atoms with E-state index in [1.807, 2.05) is 0 Å². The molecule has 1 aliphatic heterocycles. The van der Waals surface area contributed by atoms with E-state index >= 15 is 0 Å². The van der Waals surface area contributed by atoms with Crippen molar-refractivity contribution in [2.24, 2.45) is 0 Å². The number of dihydropyridines is 1. The van der Waals surface area contributed by atoms with Gasteiger partial charge < -0.3 is 19.9 Å². The molecule has 2 N–H and O–H groups in total. The molecule has 0 radical (unpaired) electrons. The number of nitro groups is 1. The van der Waals surface area contributed by atoms with E-state index in [0.717, 1.165) is 18.2 Å². The molecule has 2 rings (SSSR count). The Bertz CT molecular complexity index is 846. The maximum absolute atomic E-state index is 12.6. The highest BCUT2D eigenvalue weighted by atomic mass is 16.6. The van der Waals surface area contributed by atoms with Crippen molar-refractivity contribution in [2.75, 3.05) is 13.2 Å². The van der Waals surface area contributed by atoms with Gasteiger partial charge in [-0.15, -0.1) is 0 Å². The number of aromatic hydroxyl groups is 1. The fourth-order valence-corrected chi connectivity index (χ4v) is 3.15. The Morgan fingerprint density at radius 2 is 1.61 bits per heavy atom. The monoisotopic (exact) mass is 390 g/mol. The number of allylic oxidation sites excluding steroid dienone is 2. The lowest BCUT2D eigenvalue weighted by atomic mass is 9.80. The summed E-state index contributed by atoms with van der Waals surface area (Å²) in [6, 6.07) is 3.44. The highest BCUT2D eigenvalue weighted by Gasteiger charge is 2.39. The second-order valence-corrected chi connectivity index (χ2v) is 6.08. The Labute approximate surface area is 161 Å². The summed E-state index contributed by atoms with van der Waals surface area (Å²) in [7, 11) is 0. The second kappa shape index (κ2) is 8.55. The summed E-state index contributed by atoms with van der Waals surface area (Å²) in [6.45, 7) is 6.72. The molecule has 1 aromatic carbocycles. The van der Waals surface area contributed by atoms with Crippen LogP contribution in [0, 0.1) is 10.1 Å². The van der Waals surface area contributed by atoms with E-state index in [2.05, 4.69) is 5.32 Å². The zero-order valence-corrected chi connectivity index (χ0v) is 16.1. The molecule has 1 aromatic rings. The number of phenolic OH excluding ortho intramolecular Hbond substituents is 1. The molecule has 150 valence electrons. The standard InChI is InChI=1S/C19H22N2O7/c1-5-27-18(23)15-10(3)20-11(4)16(19(24)28-6-2)17(15)13-9-12(21(25)26)7-8-14(13)22/h7-9,17,20,22H,5-6H2,1-4H3. The minimum Gasteiger partial charge on any atom is -0.508 e. The lowest BCUT2D eigenvalue weighted by Gasteiger charge is -2.30. The lowest BCUT2D eigenvalue weighted by Crippen LogP contribution is -2.32. The van der Waals surface area contributed by atoms with Gasteiger partial charge in [0, 0.05) is 29.1 Å². The van der Waals surface area contributed by atoms with Gasteiger partial charge in [0.05, 0.1) is 35.2 Å². The Hall–Kier alpha value is -3.36. The van der Waals surface area contributed by atoms with Crippen LogP contribution >= 0.6 is 0 Å². The lowest BCUT2D eigenvalue weighted by molar-refractivity contribution is -0.384. The summed E-state index contributed by atoms with van der Waals surface area (Å²) in [5, 5.41) is 24.6. The van der Waals surface area contributed by atoms with Gasteiger partial charge >= 0.3 is 11.9 Å². The van der Waals surface area contributed by atoms with Gasteiger partial charge in [-0.3, -0.25) is 10.1 Å². The Morgan fingerprint density at radius 1 is 1.11 bits per heavy atom. The molecule has 0 aromatic heterocycles. The molecular weight excluding hydrogens is 368 g/mol. The molecule has 0 aliphatic carbocycles. The van der Waals surface area contributed by atoms with Gasteiger partial charge in [0.25, 0.3) is 5.69 Å². The van der Waals surface area contributed by atoms with E-state index in [0.29, 0.717) is 11.4 Å². The minimum atomic E-state index is -1.08. The zero-order valence-electron chi connectivity index (χ0n) is 16.1. The molecule has 1 heterocycles. The van der Waals surface area contributed by atoms with E-state index < -0.39 is 22.8 Å². The molecule has 9 nitrogen and oxygen atoms in total. The topological polar surface area (TPSA) is 128 Å². The van der Waals surface area contributed by atoms with Crippen LogP contribution in [0.25, 0.3) is 0 Å². The number of nitrogens with zero attached hydrogens (tertiary/aromatic N) is 1. The Balaban J connectivity index is 2.76. The van der Waals surface area contributed by atoms with Crippen LogP contribution in [-0.2, 0) is 19.1 Å². The van der Waals surface area contributed by atoms with Gasteiger partial charge in [-0.25, -0.2) is 9.59 Å². The molecule has 0 saturated carbocycles. The number of hydrogen-bond acceptors (Lipinski definition) is 8. The predicted octanol–water partition coefficient (Wildman–Crippen LogP) is 2.66. The van der Waals surface area contributed by atoms with E-state index in [1.165, 1.54) is 0 Å². The van der Waals surface area contributed by atoms with Gasteiger partial charge in [0.1, 0.15) is 5.75 Å². The van der Waals surface area contributed by atoms with Crippen LogP contribution in [0.1, 0.15) is 39.2 Å². The minimum absolute atomic E-state index is 0.0421. The van der Waals surface area contributed by atoms with Gasteiger partial charge in [-0.2, -0.15) is 0 Å². The summed E-state index contributed by atoms with van der Waals surface area (Å²) in [4.78, 5) is 35.9. The third-order valence-electron chi connectivity index (χ3n) is 4.28. The summed E-state index contributed by atoms with van der Waals surface area (Å²) in [6.07, 6.45) is 0. The number of esters is 2. The van der Waals surface area contributed by atoms with Crippen LogP contribution in [0.15, 0.2) is 40.7 Å². The third-order valence-corrected chi connectivity index (χ3v) is 4.28. The van der Waals surface area contributed by atoms with E-state index in [-0.39, 0.29) is 41.4 Å². The van der Waals surface area contributed by atoms with Crippen LogP contribution in [-0.4, -0.2) is 35.2 Å². The molecular formula is C19H22N2O7. The average molecular weight is 390 g/mol. The maximum Gasteiger partial charge on any atom is 0.336 e. The van der Waals surface area contributed by atoms with Gasteiger partial charge in [0.15, 0.2) is 0 Å². The van der Waals surface area contributed by atoms with Crippen LogP contribution in [0.3, 0.4) is 0 Å². The zero-order chi connectivity index (χ0) is 21.0. The quantitative estimate of drug-likeness (QED) is 0.431. The SMILES string of the molecule is CCOC(=O)C1=C(C)NC(C)=C(C(=O)OCC)C1c1cc([N+](=O)[O-])ccc1O. The highest BCUT2D eigenvalue weighted by molar-refractivity contribution is 6.00. The molecule has 0 fully saturated rings. The molecule has 0 spiro atoms. The first-order valence-corrected chi connectivity index (χ1v) is 8.72. The van der Waals surface area contributed by atoms with Crippen LogP contribution in [0.5, 0.6) is 5.75 Å². The fraction of sp³-hybridized carbons (Fsp3) is 0.368. The van der Waals surface area contributed by atoms with Crippen molar-refractivity contribution in [3.63, 3.8) is 0 Å². The van der Waals surface area contributed by atoms with E-state index in [9.17, 15) is 24.8 Å². The number of ether oxygens (including phenoxy) is 2. The van der Waals surface area contributed by atoms with E-state index in [4.69, 9.17) is 9.47 Å². The number of nitrogens with one attached hydrogen (secondary N) is 1. The van der Waals surface area contributed by atoms with Gasteiger partial charge in [0.2, 0.25) is 0 Å². The van der Waals surface area contributed by atoms with Gasteiger partial charge in [-0.1, -0.05) is 0 Å². The average Bonchev–Trinajstić information content (AvgIpc) is 2.61. The number of nitro benzene ring substituents is 1. The van der Waals surface area contributed by atoms with Crippen molar-refractivity contribution in [2.45, 2.75) is 33.6 Å². The van der Waals surface area contributed by atoms with Crippen molar-refractivity contribution in [1.82, 2.24) is 5.32 Å². The number of carbonyl (C=O) groups is 2. The second-order valence-electron chi connectivity index (χ2n) is 6.08. The fourth-order valence-electron chi connectivity index (χ4n) is 3.15. The summed E-state index contributed by atoms with van der Waals surface area (Å²) in [5.74, 6) is -2.77. The summed E-state index contributed by atoms with van der Waals surface area (Å²) < 4.78 is 10.2. The third kappa shape index (κ3) is 3.98. The first-order valence-electron chi connectivity index (χ1n) is 8.72. The molecule has 0 unspecified atom stereocenters. The molecule has 0 saturated heterocycles. The maximum atomic E-state index is 12.6. The summed E-state index contributed by atoms with van der Waals surface area (Å²) in [5.41, 5.74) is 0.742. The summed E-state index contributed by atoms with van der Waals surface area (Å²) >= 11 is 0. The largest absolute Gasteiger partial charge is 0.508 e. The number of non-ortho nitro benzene ring substituents is 1. The molecule has 28 heavy (non-hydrogen) atoms. The number of hydrogen-bond donors (Lipinski definition) is 2.